The summed E-state index contributed by atoms with van der Waals surface area (Å²) in [4.78, 5) is 33.8. The minimum atomic E-state index is -0.709. The van der Waals surface area contributed by atoms with E-state index in [0.717, 1.165) is 0 Å². The summed E-state index contributed by atoms with van der Waals surface area (Å²) < 4.78 is 0. The number of carbonyl (C=O) groups excluding carboxylic acids is 2. The number of thioether (sulfide) groups is 1. The second-order valence-electron chi connectivity index (χ2n) is 5.30. The van der Waals surface area contributed by atoms with E-state index >= 15 is 0 Å². The van der Waals surface area contributed by atoms with Gasteiger partial charge < -0.3 is 10.6 Å². The lowest BCUT2D eigenvalue weighted by Crippen LogP contribution is -2.41. The highest BCUT2D eigenvalue weighted by molar-refractivity contribution is 7.98. The van der Waals surface area contributed by atoms with Crippen LogP contribution in [0.2, 0.25) is 0 Å². The minimum Gasteiger partial charge on any atom is -0.369 e. The predicted octanol–water partition coefficient (Wildman–Crippen LogP) is 0.0297. The molecule has 1 saturated heterocycles. The summed E-state index contributed by atoms with van der Waals surface area (Å²) in [5, 5.41) is 0.636. The standard InChI is InChI=1S/C13H16N4O2S/c1-7(18)17-5-8-9(6-17)13(8,11(14)19)10-3-4-15-12(16-10)20-2/h3-4,8-9H,5-6H2,1-2H3,(H2,14,19)/t8-,9+,13?. The van der Waals surface area contributed by atoms with Crippen LogP contribution in [0.25, 0.3) is 0 Å². The summed E-state index contributed by atoms with van der Waals surface area (Å²) in [7, 11) is 0. The van der Waals surface area contributed by atoms with E-state index in [9.17, 15) is 9.59 Å². The molecule has 6 nitrogen and oxygen atoms in total. The number of carbonyl (C=O) groups is 2. The third-order valence-electron chi connectivity index (χ3n) is 4.47. The fraction of sp³-hybridized carbons (Fsp3) is 0.538. The van der Waals surface area contributed by atoms with Crippen LogP contribution in [0.3, 0.4) is 0 Å². The molecule has 2 N–H and O–H groups in total. The average Bonchev–Trinajstić information content (AvgIpc) is 2.84. The van der Waals surface area contributed by atoms with Crippen molar-refractivity contribution >= 4 is 23.6 Å². The Bertz CT molecular complexity index is 579. The van der Waals surface area contributed by atoms with Crippen LogP contribution >= 0.6 is 11.8 Å². The van der Waals surface area contributed by atoms with E-state index in [2.05, 4.69) is 9.97 Å². The van der Waals surface area contributed by atoms with Crippen molar-refractivity contribution in [3.63, 3.8) is 0 Å². The number of rotatable bonds is 3. The molecule has 3 rings (SSSR count). The Kier molecular flexibility index (Phi) is 2.97. The maximum atomic E-state index is 12.0. The zero-order valence-electron chi connectivity index (χ0n) is 11.4. The number of nitrogens with two attached hydrogens (primary N) is 1. The monoisotopic (exact) mass is 292 g/mol. The van der Waals surface area contributed by atoms with Crippen molar-refractivity contribution in [1.82, 2.24) is 14.9 Å². The van der Waals surface area contributed by atoms with E-state index in [1.807, 2.05) is 6.26 Å². The molecule has 1 aromatic rings. The van der Waals surface area contributed by atoms with Crippen molar-refractivity contribution in [1.29, 1.82) is 0 Å². The lowest BCUT2D eigenvalue weighted by Gasteiger charge is -2.23. The molecule has 2 aliphatic rings. The Morgan fingerprint density at radius 1 is 1.45 bits per heavy atom. The number of hydrogen-bond donors (Lipinski definition) is 1. The Morgan fingerprint density at radius 2 is 2.10 bits per heavy atom. The molecule has 2 heterocycles. The summed E-state index contributed by atoms with van der Waals surface area (Å²) in [6.45, 7) is 2.72. The molecule has 3 atom stereocenters. The maximum absolute atomic E-state index is 12.0. The largest absolute Gasteiger partial charge is 0.369 e. The molecule has 0 aromatic carbocycles. The molecule has 0 spiro atoms. The van der Waals surface area contributed by atoms with Crippen molar-refractivity contribution in [2.24, 2.45) is 17.6 Å². The van der Waals surface area contributed by atoms with Crippen molar-refractivity contribution in [3.8, 4) is 0 Å². The van der Waals surface area contributed by atoms with Crippen molar-refractivity contribution in [2.75, 3.05) is 19.3 Å². The van der Waals surface area contributed by atoms with E-state index < -0.39 is 5.41 Å². The third-order valence-corrected chi connectivity index (χ3v) is 5.04. The number of likely N-dealkylation sites (tertiary alicyclic amines) is 1. The Hall–Kier alpha value is -1.63. The number of fused-ring (bicyclic) bond motifs is 1. The van der Waals surface area contributed by atoms with Crippen LogP contribution in [-0.4, -0.2) is 46.0 Å². The van der Waals surface area contributed by atoms with E-state index in [1.165, 1.54) is 11.8 Å². The molecule has 0 bridgehead atoms. The molecule has 1 aromatic heterocycles. The van der Waals surface area contributed by atoms with Gasteiger partial charge in [-0.2, -0.15) is 0 Å². The van der Waals surface area contributed by atoms with Crippen molar-refractivity contribution in [3.05, 3.63) is 18.0 Å². The average molecular weight is 292 g/mol. The molecule has 2 amide bonds. The fourth-order valence-corrected chi connectivity index (χ4v) is 3.78. The van der Waals surface area contributed by atoms with Gasteiger partial charge >= 0.3 is 0 Å². The van der Waals surface area contributed by atoms with Gasteiger partial charge in [0.05, 0.1) is 5.69 Å². The molecule has 2 fully saturated rings. The van der Waals surface area contributed by atoms with Crippen LogP contribution in [0.4, 0.5) is 0 Å². The third kappa shape index (κ3) is 1.65. The molecule has 20 heavy (non-hydrogen) atoms. The number of primary amides is 1. The van der Waals surface area contributed by atoms with E-state index in [4.69, 9.17) is 5.73 Å². The molecule has 1 aliphatic carbocycles. The second-order valence-corrected chi connectivity index (χ2v) is 6.07. The second kappa shape index (κ2) is 4.44. The van der Waals surface area contributed by atoms with Crippen LogP contribution in [0.5, 0.6) is 0 Å². The number of amides is 2. The van der Waals surface area contributed by atoms with E-state index in [1.54, 1.807) is 24.1 Å². The normalized spacial score (nSPS) is 31.0. The number of piperidine rings is 1. The van der Waals surface area contributed by atoms with Crippen LogP contribution in [-0.2, 0) is 15.0 Å². The number of hydrogen-bond acceptors (Lipinski definition) is 5. The SMILES string of the molecule is CSc1nccc(C2(C(N)=O)[C@@H]3CN(C(C)=O)C[C@@H]32)n1. The quantitative estimate of drug-likeness (QED) is 0.627. The van der Waals surface area contributed by atoms with Crippen molar-refractivity contribution < 1.29 is 9.59 Å². The van der Waals surface area contributed by atoms with Crippen molar-refractivity contribution in [2.45, 2.75) is 17.5 Å². The van der Waals surface area contributed by atoms with E-state index in [0.29, 0.717) is 23.9 Å². The van der Waals surface area contributed by atoms with Gasteiger partial charge in [0.15, 0.2) is 5.16 Å². The van der Waals surface area contributed by atoms with Gasteiger partial charge in [0.25, 0.3) is 0 Å². The van der Waals surface area contributed by atoms with Gasteiger partial charge in [-0.3, -0.25) is 9.59 Å². The minimum absolute atomic E-state index is 0.0445. The smallest absolute Gasteiger partial charge is 0.230 e. The van der Waals surface area contributed by atoms with Gasteiger partial charge in [-0.1, -0.05) is 11.8 Å². The topological polar surface area (TPSA) is 89.2 Å². The first-order chi connectivity index (χ1) is 9.51. The molecule has 1 saturated carbocycles. The highest BCUT2D eigenvalue weighted by atomic mass is 32.2. The lowest BCUT2D eigenvalue weighted by atomic mass is 9.94. The molecule has 1 aliphatic heterocycles. The summed E-state index contributed by atoms with van der Waals surface area (Å²) in [5.41, 5.74) is 5.65. The van der Waals surface area contributed by atoms with Gasteiger partial charge in [-0.05, 0) is 12.3 Å². The number of nitrogens with zero attached hydrogens (tertiary/aromatic N) is 3. The Labute approximate surface area is 121 Å². The van der Waals surface area contributed by atoms with Gasteiger partial charge in [0.2, 0.25) is 11.8 Å². The van der Waals surface area contributed by atoms with Crippen LogP contribution < -0.4 is 5.73 Å². The zero-order valence-corrected chi connectivity index (χ0v) is 12.2. The molecule has 1 unspecified atom stereocenters. The molecule has 106 valence electrons. The zero-order chi connectivity index (χ0) is 14.5. The summed E-state index contributed by atoms with van der Waals surface area (Å²) in [5.74, 6) is -0.119. The van der Waals surface area contributed by atoms with Crippen LogP contribution in [0.1, 0.15) is 12.6 Å². The molecule has 0 radical (unpaired) electrons. The van der Waals surface area contributed by atoms with Gasteiger partial charge in [-0.25, -0.2) is 9.97 Å². The fourth-order valence-electron chi connectivity index (χ4n) is 3.43. The van der Waals surface area contributed by atoms with Gasteiger partial charge in [-0.15, -0.1) is 0 Å². The highest BCUT2D eigenvalue weighted by Crippen LogP contribution is 2.63. The van der Waals surface area contributed by atoms with Gasteiger partial charge in [0.1, 0.15) is 5.41 Å². The first kappa shape index (κ1) is 13.4. The maximum Gasteiger partial charge on any atom is 0.230 e. The summed E-state index contributed by atoms with van der Waals surface area (Å²) in [6.07, 6.45) is 3.55. The predicted molar refractivity (Wildman–Crippen MR) is 73.9 cm³/mol. The van der Waals surface area contributed by atoms with Crippen LogP contribution in [0.15, 0.2) is 17.4 Å². The molecular formula is C13H16N4O2S. The lowest BCUT2D eigenvalue weighted by molar-refractivity contribution is -0.130. The van der Waals surface area contributed by atoms with E-state index in [-0.39, 0.29) is 23.7 Å². The molecule has 7 heteroatoms. The molecular weight excluding hydrogens is 276 g/mol. The van der Waals surface area contributed by atoms with Gasteiger partial charge in [0, 0.05) is 38.0 Å². The first-order valence-electron chi connectivity index (χ1n) is 6.44. The highest BCUT2D eigenvalue weighted by Gasteiger charge is 2.73. The first-order valence-corrected chi connectivity index (χ1v) is 7.67. The summed E-state index contributed by atoms with van der Waals surface area (Å²) in [6, 6.07) is 1.76. The Morgan fingerprint density at radius 3 is 2.60 bits per heavy atom. The van der Waals surface area contributed by atoms with Crippen LogP contribution in [0, 0.1) is 11.8 Å². The summed E-state index contributed by atoms with van der Waals surface area (Å²) >= 11 is 1.43. The Balaban J connectivity index is 1.94. The number of aromatic nitrogens is 2.